The van der Waals surface area contributed by atoms with Crippen LogP contribution in [-0.2, 0) is 19.2 Å². The molecule has 0 radical (unpaired) electrons. The van der Waals surface area contributed by atoms with Crippen molar-refractivity contribution >= 4 is 29.7 Å². The highest BCUT2D eigenvalue weighted by molar-refractivity contribution is 5.94. The zero-order valence-corrected chi connectivity index (χ0v) is 20.5. The number of carboxylic acid groups (broad SMARTS) is 1. The first-order chi connectivity index (χ1) is 16.4. The van der Waals surface area contributed by atoms with Gasteiger partial charge in [-0.3, -0.25) is 19.4 Å². The van der Waals surface area contributed by atoms with Crippen molar-refractivity contribution in [3.8, 4) is 0 Å². The van der Waals surface area contributed by atoms with Crippen LogP contribution in [0.15, 0.2) is 4.99 Å². The van der Waals surface area contributed by atoms with Crippen molar-refractivity contribution in [3.05, 3.63) is 0 Å². The summed E-state index contributed by atoms with van der Waals surface area (Å²) in [6, 6.07) is -4.46. The maximum absolute atomic E-state index is 13.0. The molecule has 202 valence electrons. The van der Waals surface area contributed by atoms with Gasteiger partial charge < -0.3 is 49.1 Å². The molecule has 0 bridgehead atoms. The molecule has 0 aliphatic rings. The lowest BCUT2D eigenvalue weighted by Crippen LogP contribution is -2.57. The zero-order chi connectivity index (χ0) is 27.0. The molecule has 13 N–H and O–H groups in total. The van der Waals surface area contributed by atoms with Crippen molar-refractivity contribution in [2.24, 2.45) is 33.8 Å². The number of hydrogen-bond acceptors (Lipinski definition) is 8. The summed E-state index contributed by atoms with van der Waals surface area (Å²) < 4.78 is 0. The normalized spacial score (nSPS) is 14.3. The molecule has 0 saturated carbocycles. The Morgan fingerprint density at radius 1 is 0.857 bits per heavy atom. The van der Waals surface area contributed by atoms with Crippen molar-refractivity contribution in [1.29, 1.82) is 0 Å². The fourth-order valence-corrected chi connectivity index (χ4v) is 3.12. The van der Waals surface area contributed by atoms with Gasteiger partial charge in [-0.2, -0.15) is 0 Å². The fourth-order valence-electron chi connectivity index (χ4n) is 3.12. The number of carboxylic acids is 1. The molecule has 0 aliphatic heterocycles. The maximum Gasteiger partial charge on any atom is 0.328 e. The number of carbonyl (C=O) groups is 4. The molecule has 0 aromatic rings. The first-order valence-electron chi connectivity index (χ1n) is 11.7. The van der Waals surface area contributed by atoms with E-state index in [9.17, 15) is 24.3 Å². The van der Waals surface area contributed by atoms with E-state index in [0.717, 1.165) is 0 Å². The van der Waals surface area contributed by atoms with Gasteiger partial charge in [-0.1, -0.05) is 13.8 Å². The highest BCUT2D eigenvalue weighted by atomic mass is 16.4. The quantitative estimate of drug-likeness (QED) is 0.0523. The van der Waals surface area contributed by atoms with Crippen LogP contribution < -0.4 is 38.9 Å². The summed E-state index contributed by atoms with van der Waals surface area (Å²) in [4.78, 5) is 53.2. The van der Waals surface area contributed by atoms with E-state index in [1.54, 1.807) is 0 Å². The summed E-state index contributed by atoms with van der Waals surface area (Å²) in [5, 5.41) is 25.7. The first kappa shape index (κ1) is 32.0. The Bertz CT molecular complexity index is 714. The summed E-state index contributed by atoms with van der Waals surface area (Å²) in [6.07, 6.45) is 2.31. The van der Waals surface area contributed by atoms with Crippen LogP contribution in [0.4, 0.5) is 0 Å². The summed E-state index contributed by atoms with van der Waals surface area (Å²) in [5.74, 6) is -3.35. The smallest absolute Gasteiger partial charge is 0.328 e. The summed E-state index contributed by atoms with van der Waals surface area (Å²) in [6.45, 7) is 3.61. The van der Waals surface area contributed by atoms with E-state index in [-0.39, 0.29) is 24.7 Å². The number of aliphatic hydroxyl groups is 1. The fraction of sp³-hybridized carbons (Fsp3) is 0.762. The molecule has 14 nitrogen and oxygen atoms in total. The minimum Gasteiger partial charge on any atom is -0.480 e. The molecule has 14 heteroatoms. The highest BCUT2D eigenvalue weighted by Crippen LogP contribution is 2.09. The maximum atomic E-state index is 13.0. The van der Waals surface area contributed by atoms with Crippen LogP contribution in [-0.4, -0.2) is 83.7 Å². The Morgan fingerprint density at radius 3 is 1.94 bits per heavy atom. The lowest BCUT2D eigenvalue weighted by molar-refractivity contribution is -0.143. The molecule has 0 heterocycles. The molecule has 0 rings (SSSR count). The van der Waals surface area contributed by atoms with Gasteiger partial charge >= 0.3 is 5.97 Å². The van der Waals surface area contributed by atoms with Gasteiger partial charge in [-0.15, -0.1) is 0 Å². The van der Waals surface area contributed by atoms with Gasteiger partial charge in [0.05, 0.1) is 12.6 Å². The molecule has 0 aromatic heterocycles. The van der Waals surface area contributed by atoms with E-state index in [2.05, 4.69) is 20.9 Å². The molecule has 35 heavy (non-hydrogen) atoms. The number of aliphatic imine (C=N–C) groups is 1. The Balaban J connectivity index is 5.32. The van der Waals surface area contributed by atoms with Crippen LogP contribution in [0.3, 0.4) is 0 Å². The van der Waals surface area contributed by atoms with Crippen molar-refractivity contribution in [2.75, 3.05) is 19.7 Å². The Labute approximate surface area is 205 Å². The Kier molecular flexibility index (Phi) is 16.0. The summed E-state index contributed by atoms with van der Waals surface area (Å²) >= 11 is 0. The van der Waals surface area contributed by atoms with Crippen LogP contribution in [0.1, 0.15) is 52.4 Å². The predicted molar refractivity (Wildman–Crippen MR) is 131 cm³/mol. The number of aliphatic carboxylic acids is 1. The number of hydrogen-bond donors (Lipinski definition) is 9. The molecule has 0 fully saturated rings. The first-order valence-corrected chi connectivity index (χ1v) is 11.7. The van der Waals surface area contributed by atoms with Crippen LogP contribution in [0.5, 0.6) is 0 Å². The summed E-state index contributed by atoms with van der Waals surface area (Å²) in [7, 11) is 0. The number of nitrogens with two attached hydrogens (primary N) is 4. The standard InChI is InChI=1S/C21H42N8O6/c1-12(2)10-15(28-17(31)13(23)6-5-9-26-21(24)25)19(33)27-14(7-3-4-8-22)18(32)29-16(11-30)20(34)35/h12-16,30H,3-11,22-23H2,1-2H3,(H,27,33)(H,28,31)(H,29,32)(H,34,35)(H4,24,25,26). The average molecular weight is 503 g/mol. The average Bonchev–Trinajstić information content (AvgIpc) is 2.77. The third kappa shape index (κ3) is 14.1. The number of amides is 3. The van der Waals surface area contributed by atoms with Gasteiger partial charge in [0.25, 0.3) is 0 Å². The number of unbranched alkanes of at least 4 members (excludes halogenated alkanes) is 1. The van der Waals surface area contributed by atoms with E-state index >= 15 is 0 Å². The van der Waals surface area contributed by atoms with E-state index in [0.29, 0.717) is 38.8 Å². The van der Waals surface area contributed by atoms with Crippen LogP contribution in [0.25, 0.3) is 0 Å². The van der Waals surface area contributed by atoms with Gasteiger partial charge in [0.1, 0.15) is 18.1 Å². The SMILES string of the molecule is CC(C)CC(NC(=O)C(N)CCCN=C(N)N)C(=O)NC(CCCCN)C(=O)NC(CO)C(=O)O. The molecular formula is C21H42N8O6. The Morgan fingerprint density at radius 2 is 1.43 bits per heavy atom. The summed E-state index contributed by atoms with van der Waals surface area (Å²) in [5.41, 5.74) is 22.0. The second-order valence-electron chi connectivity index (χ2n) is 8.67. The second-order valence-corrected chi connectivity index (χ2v) is 8.67. The molecular weight excluding hydrogens is 460 g/mol. The van der Waals surface area contributed by atoms with Gasteiger partial charge in [-0.05, 0) is 51.0 Å². The second kappa shape index (κ2) is 17.5. The molecule has 0 spiro atoms. The number of guanidine groups is 1. The van der Waals surface area contributed by atoms with Gasteiger partial charge in [0.15, 0.2) is 5.96 Å². The van der Waals surface area contributed by atoms with Gasteiger partial charge in [0, 0.05) is 6.54 Å². The number of aliphatic hydroxyl groups excluding tert-OH is 1. The molecule has 0 aliphatic carbocycles. The van der Waals surface area contributed by atoms with E-state index in [1.165, 1.54) is 0 Å². The number of carbonyl (C=O) groups excluding carboxylic acids is 3. The lowest BCUT2D eigenvalue weighted by Gasteiger charge is -2.26. The minimum absolute atomic E-state index is 0.0273. The molecule has 0 aromatic carbocycles. The van der Waals surface area contributed by atoms with Crippen molar-refractivity contribution in [1.82, 2.24) is 16.0 Å². The Hall–Kier alpha value is -2.97. The van der Waals surface area contributed by atoms with E-state index < -0.39 is 54.5 Å². The highest BCUT2D eigenvalue weighted by Gasteiger charge is 2.30. The lowest BCUT2D eigenvalue weighted by atomic mass is 10.0. The van der Waals surface area contributed by atoms with Crippen molar-refractivity contribution in [3.63, 3.8) is 0 Å². The van der Waals surface area contributed by atoms with E-state index in [4.69, 9.17) is 28.0 Å². The van der Waals surface area contributed by atoms with Crippen LogP contribution in [0.2, 0.25) is 0 Å². The van der Waals surface area contributed by atoms with Gasteiger partial charge in [0.2, 0.25) is 17.7 Å². The topological polar surface area (TPSA) is 261 Å². The number of rotatable bonds is 18. The monoisotopic (exact) mass is 502 g/mol. The largest absolute Gasteiger partial charge is 0.480 e. The number of nitrogens with one attached hydrogen (secondary N) is 3. The molecule has 3 amide bonds. The third-order valence-corrected chi connectivity index (χ3v) is 5.02. The van der Waals surface area contributed by atoms with Gasteiger partial charge in [-0.25, -0.2) is 4.79 Å². The molecule has 4 atom stereocenters. The van der Waals surface area contributed by atoms with Crippen LogP contribution in [0, 0.1) is 5.92 Å². The minimum atomic E-state index is -1.51. The van der Waals surface area contributed by atoms with Crippen LogP contribution >= 0.6 is 0 Å². The van der Waals surface area contributed by atoms with Crippen molar-refractivity contribution < 1.29 is 29.4 Å². The van der Waals surface area contributed by atoms with E-state index in [1.807, 2.05) is 13.8 Å². The zero-order valence-electron chi connectivity index (χ0n) is 20.5. The molecule has 0 saturated heterocycles. The number of nitrogens with zero attached hydrogens (tertiary/aromatic N) is 1. The van der Waals surface area contributed by atoms with Crippen molar-refractivity contribution in [2.45, 2.75) is 76.5 Å². The predicted octanol–water partition coefficient (Wildman–Crippen LogP) is -2.93. The third-order valence-electron chi connectivity index (χ3n) is 5.02. The molecule has 4 unspecified atom stereocenters.